The van der Waals surface area contributed by atoms with Crippen molar-refractivity contribution in [3.8, 4) is 0 Å². The van der Waals surface area contributed by atoms with Gasteiger partial charge in [-0.1, -0.05) is 30.3 Å². The van der Waals surface area contributed by atoms with Crippen LogP contribution in [-0.2, 0) is 20.9 Å². The van der Waals surface area contributed by atoms with Gasteiger partial charge < -0.3 is 20.3 Å². The van der Waals surface area contributed by atoms with Gasteiger partial charge in [0.2, 0.25) is 11.8 Å². The first kappa shape index (κ1) is 19.7. The fourth-order valence-corrected chi connectivity index (χ4v) is 3.32. The number of nitrogens with one attached hydrogen (secondary N) is 2. The van der Waals surface area contributed by atoms with Gasteiger partial charge in [0.05, 0.1) is 6.61 Å². The Morgan fingerprint density at radius 2 is 2.12 bits per heavy atom. The van der Waals surface area contributed by atoms with Crippen LogP contribution in [0.2, 0.25) is 0 Å². The number of carbonyl (C=O) groups is 2. The van der Waals surface area contributed by atoms with Gasteiger partial charge in [0, 0.05) is 18.6 Å². The monoisotopic (exact) mass is 367 g/mol. The molecular weight excluding hydrogens is 342 g/mol. The van der Waals surface area contributed by atoms with E-state index >= 15 is 0 Å². The predicted molar refractivity (Wildman–Crippen MR) is 97.5 cm³/mol. The van der Waals surface area contributed by atoms with Gasteiger partial charge in [0.1, 0.15) is 12.6 Å². The maximum absolute atomic E-state index is 12.7. The lowest BCUT2D eigenvalue weighted by molar-refractivity contribution is -0.156. The number of rotatable bonds is 4. The van der Waals surface area contributed by atoms with E-state index in [1.54, 1.807) is 4.90 Å². The van der Waals surface area contributed by atoms with E-state index in [0.29, 0.717) is 6.54 Å². The SMILES string of the molecule is CC1NCCCC1NC(=O)[C@H]1COCC(=O)N1Cc1ccccc1.Cl. The van der Waals surface area contributed by atoms with Crippen molar-refractivity contribution in [1.82, 2.24) is 15.5 Å². The third kappa shape index (κ3) is 4.93. The molecule has 0 saturated carbocycles. The van der Waals surface area contributed by atoms with Crippen molar-refractivity contribution < 1.29 is 14.3 Å². The Morgan fingerprint density at radius 1 is 1.36 bits per heavy atom. The van der Waals surface area contributed by atoms with Crippen LogP contribution in [0.15, 0.2) is 30.3 Å². The normalized spacial score (nSPS) is 26.7. The van der Waals surface area contributed by atoms with E-state index < -0.39 is 6.04 Å². The molecule has 7 heteroatoms. The lowest BCUT2D eigenvalue weighted by Crippen LogP contribution is -2.60. The van der Waals surface area contributed by atoms with Crippen molar-refractivity contribution in [1.29, 1.82) is 0 Å². The highest BCUT2D eigenvalue weighted by molar-refractivity contribution is 5.89. The molecule has 2 amide bonds. The molecule has 2 aliphatic rings. The molecule has 0 radical (unpaired) electrons. The third-order valence-electron chi connectivity index (χ3n) is 4.79. The molecular formula is C18H26ClN3O3. The summed E-state index contributed by atoms with van der Waals surface area (Å²) in [4.78, 5) is 26.7. The zero-order valence-electron chi connectivity index (χ0n) is 14.4. The molecule has 2 saturated heterocycles. The van der Waals surface area contributed by atoms with Gasteiger partial charge in [-0.2, -0.15) is 0 Å². The Morgan fingerprint density at radius 3 is 2.84 bits per heavy atom. The molecule has 25 heavy (non-hydrogen) atoms. The standard InChI is InChI=1S/C18H25N3O3.ClH/c1-13-15(8-5-9-19-13)20-18(23)16-11-24-12-17(22)21(16)10-14-6-3-2-4-7-14;/h2-4,6-7,13,15-16,19H,5,8-12H2,1H3,(H,20,23);1H/t13?,15?,16-;/m1./s1. The number of ether oxygens (including phenoxy) is 1. The van der Waals surface area contributed by atoms with Gasteiger partial charge in [0.25, 0.3) is 0 Å². The summed E-state index contributed by atoms with van der Waals surface area (Å²) in [6.45, 7) is 3.78. The minimum atomic E-state index is -0.569. The molecule has 1 aromatic rings. The largest absolute Gasteiger partial charge is 0.369 e. The van der Waals surface area contributed by atoms with E-state index in [4.69, 9.17) is 4.74 Å². The minimum Gasteiger partial charge on any atom is -0.369 e. The second kappa shape index (κ2) is 9.17. The van der Waals surface area contributed by atoms with Crippen LogP contribution in [0.4, 0.5) is 0 Å². The summed E-state index contributed by atoms with van der Waals surface area (Å²) in [6, 6.07) is 9.50. The smallest absolute Gasteiger partial charge is 0.249 e. The number of hydrogen-bond acceptors (Lipinski definition) is 4. The second-order valence-corrected chi connectivity index (χ2v) is 6.54. The molecule has 3 rings (SSSR count). The van der Waals surface area contributed by atoms with E-state index in [1.807, 2.05) is 30.3 Å². The molecule has 3 atom stereocenters. The molecule has 2 N–H and O–H groups in total. The fraction of sp³-hybridized carbons (Fsp3) is 0.556. The Labute approximate surface area is 154 Å². The van der Waals surface area contributed by atoms with Crippen LogP contribution in [0, 0.1) is 0 Å². The maximum Gasteiger partial charge on any atom is 0.249 e. The number of morpholine rings is 1. The maximum atomic E-state index is 12.7. The molecule has 0 aromatic heterocycles. The first-order valence-electron chi connectivity index (χ1n) is 8.60. The predicted octanol–water partition coefficient (Wildman–Crippen LogP) is 1.09. The summed E-state index contributed by atoms with van der Waals surface area (Å²) >= 11 is 0. The summed E-state index contributed by atoms with van der Waals surface area (Å²) in [5.74, 6) is -0.264. The lowest BCUT2D eigenvalue weighted by Gasteiger charge is -2.37. The Kier molecular flexibility index (Phi) is 7.23. The number of nitrogens with zero attached hydrogens (tertiary/aromatic N) is 1. The highest BCUT2D eigenvalue weighted by Crippen LogP contribution is 2.15. The molecule has 2 aliphatic heterocycles. The first-order valence-corrected chi connectivity index (χ1v) is 8.60. The van der Waals surface area contributed by atoms with Crippen molar-refractivity contribution in [2.24, 2.45) is 0 Å². The van der Waals surface area contributed by atoms with Crippen molar-refractivity contribution in [3.05, 3.63) is 35.9 Å². The lowest BCUT2D eigenvalue weighted by atomic mass is 9.99. The van der Waals surface area contributed by atoms with E-state index in [9.17, 15) is 9.59 Å². The highest BCUT2D eigenvalue weighted by atomic mass is 35.5. The molecule has 2 heterocycles. The van der Waals surface area contributed by atoms with Gasteiger partial charge in [0.15, 0.2) is 0 Å². The Hall–Kier alpha value is -1.63. The summed E-state index contributed by atoms with van der Waals surface area (Å²) in [5, 5.41) is 6.47. The zero-order chi connectivity index (χ0) is 16.9. The molecule has 1 aromatic carbocycles. The number of carbonyl (C=O) groups excluding carboxylic acids is 2. The van der Waals surface area contributed by atoms with Gasteiger partial charge in [-0.25, -0.2) is 0 Å². The van der Waals surface area contributed by atoms with Gasteiger partial charge in [-0.3, -0.25) is 9.59 Å². The molecule has 0 spiro atoms. The second-order valence-electron chi connectivity index (χ2n) is 6.54. The fourth-order valence-electron chi connectivity index (χ4n) is 3.32. The Balaban J connectivity index is 0.00000225. The average molecular weight is 368 g/mol. The summed E-state index contributed by atoms with van der Waals surface area (Å²) < 4.78 is 5.33. The summed E-state index contributed by atoms with van der Waals surface area (Å²) in [6.07, 6.45) is 2.00. The Bertz CT molecular complexity index is 584. The molecule has 2 fully saturated rings. The van der Waals surface area contributed by atoms with E-state index in [2.05, 4.69) is 17.6 Å². The molecule has 0 bridgehead atoms. The zero-order valence-corrected chi connectivity index (χ0v) is 15.3. The summed E-state index contributed by atoms with van der Waals surface area (Å²) in [7, 11) is 0. The van der Waals surface area contributed by atoms with Crippen LogP contribution in [-0.4, -0.2) is 54.6 Å². The number of amides is 2. The first-order chi connectivity index (χ1) is 11.6. The van der Waals surface area contributed by atoms with Gasteiger partial charge in [-0.15, -0.1) is 12.4 Å². The topological polar surface area (TPSA) is 70.7 Å². The number of hydrogen-bond donors (Lipinski definition) is 2. The number of piperidine rings is 1. The van der Waals surface area contributed by atoms with Crippen molar-refractivity contribution >= 4 is 24.2 Å². The van der Waals surface area contributed by atoms with E-state index in [-0.39, 0.29) is 49.5 Å². The highest BCUT2D eigenvalue weighted by Gasteiger charge is 2.35. The average Bonchev–Trinajstić information content (AvgIpc) is 2.59. The molecule has 6 nitrogen and oxygen atoms in total. The van der Waals surface area contributed by atoms with Crippen LogP contribution < -0.4 is 10.6 Å². The number of halogens is 1. The van der Waals surface area contributed by atoms with E-state index in [1.165, 1.54) is 0 Å². The van der Waals surface area contributed by atoms with Crippen molar-refractivity contribution in [3.63, 3.8) is 0 Å². The van der Waals surface area contributed by atoms with Crippen LogP contribution in [0.3, 0.4) is 0 Å². The molecule has 2 unspecified atom stereocenters. The van der Waals surface area contributed by atoms with Crippen molar-refractivity contribution in [2.45, 2.75) is 44.4 Å². The summed E-state index contributed by atoms with van der Waals surface area (Å²) in [5.41, 5.74) is 1.01. The molecule has 138 valence electrons. The van der Waals surface area contributed by atoms with Crippen molar-refractivity contribution in [2.75, 3.05) is 19.8 Å². The van der Waals surface area contributed by atoms with Gasteiger partial charge >= 0.3 is 0 Å². The van der Waals surface area contributed by atoms with Crippen LogP contribution in [0.5, 0.6) is 0 Å². The quantitative estimate of drug-likeness (QED) is 0.835. The van der Waals surface area contributed by atoms with Gasteiger partial charge in [-0.05, 0) is 31.9 Å². The minimum absolute atomic E-state index is 0. The van der Waals surface area contributed by atoms with Crippen LogP contribution in [0.1, 0.15) is 25.3 Å². The number of benzene rings is 1. The third-order valence-corrected chi connectivity index (χ3v) is 4.79. The van der Waals surface area contributed by atoms with E-state index in [0.717, 1.165) is 24.9 Å². The molecule has 0 aliphatic carbocycles. The van der Waals surface area contributed by atoms with Crippen LogP contribution in [0.25, 0.3) is 0 Å². The van der Waals surface area contributed by atoms with Crippen LogP contribution >= 0.6 is 12.4 Å².